The largest absolute Gasteiger partial charge is 0.560 e. The zero-order valence-electron chi connectivity index (χ0n) is 16.6. The highest BCUT2D eigenvalue weighted by molar-refractivity contribution is 6.32. The van der Waals surface area contributed by atoms with Gasteiger partial charge < -0.3 is 24.2 Å². The first-order valence-electron chi connectivity index (χ1n) is 9.89. The van der Waals surface area contributed by atoms with Gasteiger partial charge in [0.05, 0.1) is 0 Å². The Morgan fingerprint density at radius 2 is 1.93 bits per heavy atom. The first-order chi connectivity index (χ1) is 13.9. The first kappa shape index (κ1) is 21.0. The Balaban J connectivity index is 1.55. The SMILES string of the molecule is CC(=O)NC1[B]Oc2c(cccc2C(=O)OC(C)OC(=O)OC2CCCCC2)C1. The van der Waals surface area contributed by atoms with E-state index in [-0.39, 0.29) is 23.5 Å². The van der Waals surface area contributed by atoms with E-state index in [0.29, 0.717) is 12.2 Å². The van der Waals surface area contributed by atoms with Gasteiger partial charge in [0.2, 0.25) is 12.2 Å². The quantitative estimate of drug-likeness (QED) is 0.459. The molecular formula is C20H25BNO7. The standard InChI is InChI=1S/C20H25BNO7/c1-12(23)22-17-11-14-7-6-10-16(18(14)29-21-17)19(24)26-13(2)27-20(25)28-15-8-4-3-5-9-15/h6-7,10,13,15,17H,3-5,8-9,11H2,1-2H3,(H,22,23). The smallest absolute Gasteiger partial charge is 0.511 e. The number of para-hydroxylation sites is 1. The van der Waals surface area contributed by atoms with Crippen molar-refractivity contribution in [1.29, 1.82) is 0 Å². The molecule has 1 aromatic rings. The monoisotopic (exact) mass is 402 g/mol. The summed E-state index contributed by atoms with van der Waals surface area (Å²) in [5, 5.41) is 2.75. The van der Waals surface area contributed by atoms with E-state index in [1.807, 2.05) is 6.07 Å². The van der Waals surface area contributed by atoms with Gasteiger partial charge in [0.25, 0.3) is 0 Å². The van der Waals surface area contributed by atoms with Crippen LogP contribution < -0.4 is 9.97 Å². The van der Waals surface area contributed by atoms with Gasteiger partial charge in [0.1, 0.15) is 17.4 Å². The van der Waals surface area contributed by atoms with Crippen molar-refractivity contribution in [2.24, 2.45) is 0 Å². The van der Waals surface area contributed by atoms with Crippen molar-refractivity contribution in [3.05, 3.63) is 29.3 Å². The lowest BCUT2D eigenvalue weighted by atomic mass is 9.79. The Hall–Kier alpha value is -2.71. The molecule has 1 fully saturated rings. The van der Waals surface area contributed by atoms with Crippen molar-refractivity contribution in [3.8, 4) is 5.75 Å². The van der Waals surface area contributed by atoms with Gasteiger partial charge in [0, 0.05) is 19.8 Å². The zero-order valence-corrected chi connectivity index (χ0v) is 16.6. The van der Waals surface area contributed by atoms with Gasteiger partial charge in [-0.25, -0.2) is 9.59 Å². The van der Waals surface area contributed by atoms with Crippen molar-refractivity contribution in [3.63, 3.8) is 0 Å². The number of carbonyl (C=O) groups excluding carboxylic acids is 3. The van der Waals surface area contributed by atoms with Crippen molar-refractivity contribution in [1.82, 2.24) is 5.32 Å². The van der Waals surface area contributed by atoms with E-state index in [1.54, 1.807) is 12.1 Å². The predicted molar refractivity (Wildman–Crippen MR) is 103 cm³/mol. The van der Waals surface area contributed by atoms with E-state index >= 15 is 0 Å². The maximum absolute atomic E-state index is 12.5. The molecular weight excluding hydrogens is 377 g/mol. The lowest BCUT2D eigenvalue weighted by Crippen LogP contribution is -2.44. The summed E-state index contributed by atoms with van der Waals surface area (Å²) in [6.45, 7) is 2.88. The summed E-state index contributed by atoms with van der Waals surface area (Å²) in [7, 11) is 1.47. The van der Waals surface area contributed by atoms with E-state index in [1.165, 1.54) is 21.3 Å². The fourth-order valence-corrected chi connectivity index (χ4v) is 3.55. The molecule has 3 rings (SSSR count). The minimum absolute atomic E-state index is 0.138. The van der Waals surface area contributed by atoms with Crippen molar-refractivity contribution >= 4 is 25.5 Å². The fourth-order valence-electron chi connectivity index (χ4n) is 3.55. The van der Waals surface area contributed by atoms with Crippen molar-refractivity contribution < 1.29 is 33.2 Å². The third kappa shape index (κ3) is 5.89. The average molecular weight is 402 g/mol. The molecule has 1 aromatic carbocycles. The number of benzene rings is 1. The highest BCUT2D eigenvalue weighted by atomic mass is 16.8. The Kier molecular flexibility index (Phi) is 7.01. The van der Waals surface area contributed by atoms with Crippen LogP contribution in [0, 0.1) is 0 Å². The average Bonchev–Trinajstić information content (AvgIpc) is 2.67. The third-order valence-corrected chi connectivity index (χ3v) is 4.85. The zero-order chi connectivity index (χ0) is 20.8. The molecule has 2 aliphatic rings. The number of esters is 1. The molecule has 1 N–H and O–H groups in total. The lowest BCUT2D eigenvalue weighted by Gasteiger charge is -2.26. The van der Waals surface area contributed by atoms with Gasteiger partial charge in [-0.3, -0.25) is 4.79 Å². The maximum atomic E-state index is 12.5. The summed E-state index contributed by atoms with van der Waals surface area (Å²) < 4.78 is 21.1. The normalized spacial score (nSPS) is 19.6. The predicted octanol–water partition coefficient (Wildman–Crippen LogP) is 2.69. The Morgan fingerprint density at radius 1 is 1.17 bits per heavy atom. The Bertz CT molecular complexity index is 763. The molecule has 0 aromatic heterocycles. The van der Waals surface area contributed by atoms with Crippen LogP contribution in [0.5, 0.6) is 5.75 Å². The minimum Gasteiger partial charge on any atom is -0.560 e. The molecule has 9 heteroatoms. The second kappa shape index (κ2) is 9.67. The molecule has 155 valence electrons. The second-order valence-corrected chi connectivity index (χ2v) is 7.28. The minimum atomic E-state index is -1.10. The number of hydrogen-bond acceptors (Lipinski definition) is 7. The van der Waals surface area contributed by atoms with Crippen LogP contribution in [0.2, 0.25) is 0 Å². The molecule has 0 spiro atoms. The number of ether oxygens (including phenoxy) is 3. The third-order valence-electron chi connectivity index (χ3n) is 4.85. The van der Waals surface area contributed by atoms with E-state index in [9.17, 15) is 14.4 Å². The molecule has 0 saturated heterocycles. The summed E-state index contributed by atoms with van der Waals surface area (Å²) >= 11 is 0. The second-order valence-electron chi connectivity index (χ2n) is 7.28. The first-order valence-corrected chi connectivity index (χ1v) is 9.89. The summed E-state index contributed by atoms with van der Waals surface area (Å²) in [6.07, 6.45) is 3.28. The van der Waals surface area contributed by atoms with Crippen LogP contribution >= 0.6 is 0 Å². The van der Waals surface area contributed by atoms with E-state index in [0.717, 1.165) is 37.7 Å². The van der Waals surface area contributed by atoms with Gasteiger partial charge in [-0.1, -0.05) is 18.6 Å². The molecule has 1 radical (unpaired) electrons. The molecule has 0 bridgehead atoms. The lowest BCUT2D eigenvalue weighted by molar-refractivity contribution is -0.119. The molecule has 2 atom stereocenters. The number of hydrogen-bond donors (Lipinski definition) is 1. The van der Waals surface area contributed by atoms with Crippen LogP contribution in [-0.4, -0.2) is 43.8 Å². The van der Waals surface area contributed by atoms with Gasteiger partial charge in [-0.05, 0) is 43.7 Å². The van der Waals surface area contributed by atoms with E-state index < -0.39 is 18.4 Å². The van der Waals surface area contributed by atoms with E-state index in [4.69, 9.17) is 18.9 Å². The molecule has 1 amide bonds. The molecule has 1 aliphatic heterocycles. The van der Waals surface area contributed by atoms with Crippen LogP contribution in [0.25, 0.3) is 0 Å². The molecule has 1 heterocycles. The number of fused-ring (bicyclic) bond motifs is 1. The molecule has 29 heavy (non-hydrogen) atoms. The van der Waals surface area contributed by atoms with Crippen LogP contribution in [-0.2, 0) is 25.4 Å². The summed E-state index contributed by atoms with van der Waals surface area (Å²) in [6, 6.07) is 5.09. The molecule has 1 aliphatic carbocycles. The van der Waals surface area contributed by atoms with Crippen LogP contribution in [0.15, 0.2) is 18.2 Å². The highest BCUT2D eigenvalue weighted by Crippen LogP contribution is 2.29. The van der Waals surface area contributed by atoms with Crippen molar-refractivity contribution in [2.75, 3.05) is 0 Å². The maximum Gasteiger partial charge on any atom is 0.511 e. The molecule has 8 nitrogen and oxygen atoms in total. The Labute approximate surface area is 170 Å². The highest BCUT2D eigenvalue weighted by Gasteiger charge is 2.28. The summed E-state index contributed by atoms with van der Waals surface area (Å²) in [5.41, 5.74) is 0.988. The molecule has 1 saturated carbocycles. The van der Waals surface area contributed by atoms with Gasteiger partial charge in [-0.2, -0.15) is 0 Å². The van der Waals surface area contributed by atoms with Crippen LogP contribution in [0.1, 0.15) is 61.9 Å². The number of nitrogens with one attached hydrogen (secondary N) is 1. The number of rotatable bonds is 5. The van der Waals surface area contributed by atoms with E-state index in [2.05, 4.69) is 5.32 Å². The van der Waals surface area contributed by atoms with Gasteiger partial charge in [-0.15, -0.1) is 0 Å². The van der Waals surface area contributed by atoms with Crippen LogP contribution in [0.4, 0.5) is 4.79 Å². The Morgan fingerprint density at radius 3 is 2.66 bits per heavy atom. The topological polar surface area (TPSA) is 100 Å². The van der Waals surface area contributed by atoms with Crippen LogP contribution in [0.3, 0.4) is 0 Å². The molecule has 2 unspecified atom stereocenters. The van der Waals surface area contributed by atoms with Crippen molar-refractivity contribution in [2.45, 2.75) is 70.7 Å². The summed E-state index contributed by atoms with van der Waals surface area (Å²) in [5.74, 6) is -0.745. The van der Waals surface area contributed by atoms with Gasteiger partial charge in [0.15, 0.2) is 0 Å². The fraction of sp³-hybridized carbons (Fsp3) is 0.550. The number of carbonyl (C=O) groups is 3. The number of amides is 1. The summed E-state index contributed by atoms with van der Waals surface area (Å²) in [4.78, 5) is 35.7. The van der Waals surface area contributed by atoms with Gasteiger partial charge >= 0.3 is 19.6 Å².